The molecule has 156 valence electrons. The number of nitrogens with zero attached hydrogens (tertiary/aromatic N) is 2. The molecule has 0 N–H and O–H groups in total. The first-order valence-corrected chi connectivity index (χ1v) is 10.8. The average Bonchev–Trinajstić information content (AvgIpc) is 2.76. The van der Waals surface area contributed by atoms with Crippen LogP contribution in [-0.4, -0.2) is 37.6 Å². The molecule has 3 aromatic rings. The Bertz CT molecular complexity index is 1120. The molecule has 30 heavy (non-hydrogen) atoms. The minimum absolute atomic E-state index is 0.158. The molecule has 0 saturated heterocycles. The van der Waals surface area contributed by atoms with Gasteiger partial charge in [0.15, 0.2) is 0 Å². The van der Waals surface area contributed by atoms with Crippen LogP contribution in [0.2, 0.25) is 0 Å². The van der Waals surface area contributed by atoms with Crippen LogP contribution in [0.4, 0.5) is 4.39 Å². The van der Waals surface area contributed by atoms with E-state index in [0.29, 0.717) is 11.1 Å². The molecule has 0 aliphatic rings. The number of rotatable bonds is 7. The molecule has 3 rings (SSSR count). The zero-order valence-electron chi connectivity index (χ0n) is 16.8. The van der Waals surface area contributed by atoms with Crippen LogP contribution < -0.4 is 0 Å². The number of sulfonamides is 1. The van der Waals surface area contributed by atoms with Crippen molar-refractivity contribution in [2.24, 2.45) is 0 Å². The first kappa shape index (κ1) is 21.7. The highest BCUT2D eigenvalue weighted by Gasteiger charge is 2.21. The molecule has 0 aliphatic heterocycles. The van der Waals surface area contributed by atoms with E-state index in [1.54, 1.807) is 79.8 Å². The zero-order valence-corrected chi connectivity index (χ0v) is 17.6. The zero-order chi connectivity index (χ0) is 21.7. The lowest BCUT2D eigenvalue weighted by Gasteiger charge is -2.19. The highest BCUT2D eigenvalue weighted by molar-refractivity contribution is 7.89. The van der Waals surface area contributed by atoms with Crippen molar-refractivity contribution < 1.29 is 17.6 Å². The van der Waals surface area contributed by atoms with E-state index in [9.17, 15) is 17.6 Å². The highest BCUT2D eigenvalue weighted by Crippen LogP contribution is 2.17. The fourth-order valence-electron chi connectivity index (χ4n) is 3.04. The molecule has 0 heterocycles. The molecule has 1 amide bonds. The van der Waals surface area contributed by atoms with Gasteiger partial charge in [0.25, 0.3) is 5.91 Å². The SMILES string of the molecule is CN(Cc1ccccc1F)C(=O)c1ccc(CN(C)S(=O)(=O)c2ccccc2)cc1. The molecule has 0 fully saturated rings. The maximum absolute atomic E-state index is 13.8. The van der Waals surface area contributed by atoms with Crippen LogP contribution in [0.15, 0.2) is 83.8 Å². The van der Waals surface area contributed by atoms with E-state index in [1.807, 2.05) is 0 Å². The standard InChI is InChI=1S/C23H23FN2O3S/c1-25(17-20-8-6-7-11-22(20)24)23(27)19-14-12-18(13-15-19)16-26(2)30(28,29)21-9-4-3-5-10-21/h3-15H,16-17H2,1-2H3. The van der Waals surface area contributed by atoms with Crippen LogP contribution in [0, 0.1) is 5.82 Å². The Morgan fingerprint density at radius 2 is 1.43 bits per heavy atom. The Hall–Kier alpha value is -3.03. The Kier molecular flexibility index (Phi) is 6.64. The number of halogens is 1. The lowest BCUT2D eigenvalue weighted by Crippen LogP contribution is -2.27. The third kappa shape index (κ3) is 4.93. The number of hydrogen-bond acceptors (Lipinski definition) is 3. The van der Waals surface area contributed by atoms with Crippen LogP contribution in [0.5, 0.6) is 0 Å². The predicted octanol–water partition coefficient (Wildman–Crippen LogP) is 3.92. The van der Waals surface area contributed by atoms with Gasteiger partial charge in [0.1, 0.15) is 5.82 Å². The van der Waals surface area contributed by atoms with E-state index in [4.69, 9.17) is 0 Å². The summed E-state index contributed by atoms with van der Waals surface area (Å²) in [5.74, 6) is -0.592. The largest absolute Gasteiger partial charge is 0.337 e. The van der Waals surface area contributed by atoms with Crippen molar-refractivity contribution in [2.45, 2.75) is 18.0 Å². The summed E-state index contributed by atoms with van der Waals surface area (Å²) >= 11 is 0. The normalized spacial score (nSPS) is 11.5. The predicted molar refractivity (Wildman–Crippen MR) is 114 cm³/mol. The molecule has 0 atom stereocenters. The summed E-state index contributed by atoms with van der Waals surface area (Å²) in [6, 6.07) is 21.3. The third-order valence-electron chi connectivity index (χ3n) is 4.77. The summed E-state index contributed by atoms with van der Waals surface area (Å²) in [5, 5.41) is 0. The number of amides is 1. The van der Waals surface area contributed by atoms with Gasteiger partial charge in [-0.3, -0.25) is 4.79 Å². The summed E-state index contributed by atoms with van der Waals surface area (Å²) in [5.41, 5.74) is 1.65. The molecule has 0 aliphatic carbocycles. The minimum atomic E-state index is -3.59. The number of carbonyl (C=O) groups excluding carboxylic acids is 1. The molecule has 0 unspecified atom stereocenters. The molecule has 0 spiro atoms. The van der Waals surface area contributed by atoms with Crippen molar-refractivity contribution >= 4 is 15.9 Å². The van der Waals surface area contributed by atoms with E-state index in [-0.39, 0.29) is 29.7 Å². The van der Waals surface area contributed by atoms with Crippen molar-refractivity contribution in [3.05, 3.63) is 101 Å². The Morgan fingerprint density at radius 1 is 0.833 bits per heavy atom. The Labute approximate surface area is 176 Å². The second kappa shape index (κ2) is 9.19. The van der Waals surface area contributed by atoms with Crippen LogP contribution >= 0.6 is 0 Å². The molecular formula is C23H23FN2O3S. The summed E-state index contributed by atoms with van der Waals surface area (Å²) in [7, 11) is -0.462. The van der Waals surface area contributed by atoms with E-state index in [0.717, 1.165) is 5.56 Å². The average molecular weight is 427 g/mol. The second-order valence-electron chi connectivity index (χ2n) is 7.02. The van der Waals surface area contributed by atoms with Crippen molar-refractivity contribution in [1.29, 1.82) is 0 Å². The molecule has 0 aromatic heterocycles. The van der Waals surface area contributed by atoms with Crippen LogP contribution in [0.3, 0.4) is 0 Å². The maximum atomic E-state index is 13.8. The van der Waals surface area contributed by atoms with Gasteiger partial charge in [-0.25, -0.2) is 12.8 Å². The van der Waals surface area contributed by atoms with Gasteiger partial charge in [-0.1, -0.05) is 48.5 Å². The molecule has 3 aromatic carbocycles. The summed E-state index contributed by atoms with van der Waals surface area (Å²) in [6.07, 6.45) is 0. The van der Waals surface area contributed by atoms with Gasteiger partial charge in [-0.15, -0.1) is 0 Å². The summed E-state index contributed by atoms with van der Waals surface area (Å²) in [4.78, 5) is 14.3. The van der Waals surface area contributed by atoms with E-state index < -0.39 is 10.0 Å². The van der Waals surface area contributed by atoms with Crippen LogP contribution in [-0.2, 0) is 23.1 Å². The molecular weight excluding hydrogens is 403 g/mol. The van der Waals surface area contributed by atoms with Crippen LogP contribution in [0.1, 0.15) is 21.5 Å². The van der Waals surface area contributed by atoms with Gasteiger partial charge >= 0.3 is 0 Å². The second-order valence-corrected chi connectivity index (χ2v) is 9.07. The van der Waals surface area contributed by atoms with Gasteiger partial charge in [0.05, 0.1) is 4.90 Å². The highest BCUT2D eigenvalue weighted by atomic mass is 32.2. The van der Waals surface area contributed by atoms with Crippen molar-refractivity contribution in [1.82, 2.24) is 9.21 Å². The lowest BCUT2D eigenvalue weighted by atomic mass is 10.1. The van der Waals surface area contributed by atoms with Gasteiger partial charge in [-0.2, -0.15) is 4.31 Å². The Morgan fingerprint density at radius 3 is 2.07 bits per heavy atom. The first-order chi connectivity index (χ1) is 14.3. The molecule has 5 nitrogen and oxygen atoms in total. The number of benzene rings is 3. The summed E-state index contributed by atoms with van der Waals surface area (Å²) in [6.45, 7) is 0.335. The van der Waals surface area contributed by atoms with Gasteiger partial charge in [-0.05, 0) is 35.9 Å². The minimum Gasteiger partial charge on any atom is -0.337 e. The maximum Gasteiger partial charge on any atom is 0.253 e. The smallest absolute Gasteiger partial charge is 0.253 e. The molecule has 7 heteroatoms. The van der Waals surface area contributed by atoms with Gasteiger partial charge < -0.3 is 4.90 Å². The van der Waals surface area contributed by atoms with E-state index in [2.05, 4.69) is 0 Å². The van der Waals surface area contributed by atoms with Crippen molar-refractivity contribution in [3.63, 3.8) is 0 Å². The fraction of sp³-hybridized carbons (Fsp3) is 0.174. The van der Waals surface area contributed by atoms with E-state index >= 15 is 0 Å². The van der Waals surface area contributed by atoms with Crippen molar-refractivity contribution in [2.75, 3.05) is 14.1 Å². The topological polar surface area (TPSA) is 57.7 Å². The summed E-state index contributed by atoms with van der Waals surface area (Å²) < 4.78 is 40.4. The third-order valence-corrected chi connectivity index (χ3v) is 6.59. The van der Waals surface area contributed by atoms with E-state index in [1.165, 1.54) is 22.3 Å². The monoisotopic (exact) mass is 426 g/mol. The molecule has 0 radical (unpaired) electrons. The lowest BCUT2D eigenvalue weighted by molar-refractivity contribution is 0.0784. The first-order valence-electron chi connectivity index (χ1n) is 9.38. The number of carbonyl (C=O) groups is 1. The quantitative estimate of drug-likeness (QED) is 0.575. The number of hydrogen-bond donors (Lipinski definition) is 0. The van der Waals surface area contributed by atoms with Gasteiger partial charge in [0, 0.05) is 38.3 Å². The molecule has 0 bridgehead atoms. The Balaban J connectivity index is 1.67. The fourth-order valence-corrected chi connectivity index (χ4v) is 4.22. The van der Waals surface area contributed by atoms with Crippen molar-refractivity contribution in [3.8, 4) is 0 Å². The van der Waals surface area contributed by atoms with Gasteiger partial charge in [0.2, 0.25) is 10.0 Å². The van der Waals surface area contributed by atoms with Crippen LogP contribution in [0.25, 0.3) is 0 Å². The molecule has 0 saturated carbocycles.